The quantitative estimate of drug-likeness (QED) is 0.667. The third kappa shape index (κ3) is 7.82. The monoisotopic (exact) mass is 166 g/mol. The van der Waals surface area contributed by atoms with Crippen LogP contribution in [0.5, 0.6) is 0 Å². The summed E-state index contributed by atoms with van der Waals surface area (Å²) in [7, 11) is -2.20. The molecule has 0 aromatic heterocycles. The summed E-state index contributed by atoms with van der Waals surface area (Å²) in [6, 6.07) is 0. The van der Waals surface area contributed by atoms with Gasteiger partial charge in [-0.3, -0.25) is 13.1 Å². The molecule has 0 aliphatic rings. The minimum Gasteiger partial charge on any atom is -0.481 e. The van der Waals surface area contributed by atoms with Crippen molar-refractivity contribution >= 4 is 14.3 Å². The molecule has 0 fully saturated rings. The van der Waals surface area contributed by atoms with Gasteiger partial charge in [-0.25, -0.2) is 0 Å². The second kappa shape index (κ2) is 1.52. The van der Waals surface area contributed by atoms with Crippen LogP contribution in [-0.2, 0) is 4.79 Å². The third-order valence-electron chi connectivity index (χ3n) is 0.845. The van der Waals surface area contributed by atoms with Crippen molar-refractivity contribution in [2.75, 3.05) is 37.0 Å². The number of hydrogen-bond acceptors (Lipinski definition) is 1. The van der Waals surface area contributed by atoms with Crippen LogP contribution in [0.4, 0.5) is 0 Å². The summed E-state index contributed by atoms with van der Waals surface area (Å²) in [5.74, 6) is -0.404. The number of rotatable bonds is 2. The molecule has 0 radical (unpaired) electrons. The molecule has 0 aromatic rings. The van der Waals surface area contributed by atoms with Gasteiger partial charge in [-0.2, -0.15) is 0 Å². The van der Waals surface area contributed by atoms with Gasteiger partial charge in [0, 0.05) is 0 Å². The number of carbonyl (C=O) groups is 1. The highest BCUT2D eigenvalue weighted by Crippen LogP contribution is 2.74. The van der Waals surface area contributed by atoms with Crippen molar-refractivity contribution in [1.82, 2.24) is 0 Å². The van der Waals surface area contributed by atoms with Crippen molar-refractivity contribution in [3.8, 4) is 0 Å². The van der Waals surface area contributed by atoms with Gasteiger partial charge in [0.05, 0.1) is 5.75 Å². The zero-order valence-corrected chi connectivity index (χ0v) is 8.29. The first-order chi connectivity index (χ1) is 3.89. The van der Waals surface area contributed by atoms with Crippen LogP contribution in [0.25, 0.3) is 0 Å². The standard InChI is InChI=1S/C7H18O2S/c1-10(2,3,4,5)6-7(8)9/h6H2,1-5H3,(H,8,9). The number of carboxylic acids is 1. The van der Waals surface area contributed by atoms with Crippen molar-refractivity contribution < 1.29 is 9.90 Å². The summed E-state index contributed by atoms with van der Waals surface area (Å²) in [5.41, 5.74) is 0. The molecule has 0 aliphatic heterocycles. The van der Waals surface area contributed by atoms with Crippen LogP contribution in [0.1, 0.15) is 0 Å². The van der Waals surface area contributed by atoms with Crippen LogP contribution in [0.3, 0.4) is 0 Å². The number of aliphatic carboxylic acids is 1. The maximum absolute atomic E-state index is 10.5. The topological polar surface area (TPSA) is 37.3 Å². The highest BCUT2D eigenvalue weighted by molar-refractivity contribution is 8.62. The summed E-state index contributed by atoms with van der Waals surface area (Å²) in [5, 5.41) is 8.61. The maximum Gasteiger partial charge on any atom is 0.310 e. The van der Waals surface area contributed by atoms with E-state index in [1.807, 2.05) is 0 Å². The lowest BCUT2D eigenvalue weighted by molar-refractivity contribution is -0.134. The Bertz CT molecular complexity index is 159. The fourth-order valence-electron chi connectivity index (χ4n) is 0.617. The second-order valence-electron chi connectivity index (χ2n) is 6.06. The van der Waals surface area contributed by atoms with Gasteiger partial charge < -0.3 is 5.11 Å². The molecule has 0 heterocycles. The molecule has 0 aliphatic carbocycles. The Labute approximate surface area is 61.9 Å². The fourth-order valence-corrected chi connectivity index (χ4v) is 1.85. The zero-order chi connectivity index (χ0) is 8.69. The SMILES string of the molecule is CS(C)(C)(C)(C)CC(=O)O. The Balaban J connectivity index is 4.59. The molecule has 0 saturated heterocycles. The lowest BCUT2D eigenvalue weighted by Gasteiger charge is -2.64. The molecule has 0 saturated carbocycles. The van der Waals surface area contributed by atoms with Crippen LogP contribution in [0.2, 0.25) is 0 Å². The molecule has 3 heteroatoms. The van der Waals surface area contributed by atoms with Gasteiger partial charge in [0.15, 0.2) is 0 Å². The molecular formula is C7H18O2S. The van der Waals surface area contributed by atoms with Crippen LogP contribution in [0.15, 0.2) is 0 Å². The highest BCUT2D eigenvalue weighted by atomic mass is 32.4. The first-order valence-electron chi connectivity index (χ1n) is 3.11. The lowest BCUT2D eigenvalue weighted by Crippen LogP contribution is -2.36. The van der Waals surface area contributed by atoms with Gasteiger partial charge in [0.25, 0.3) is 0 Å². The largest absolute Gasteiger partial charge is 0.481 e. The Kier molecular flexibility index (Phi) is 1.50. The van der Waals surface area contributed by atoms with Gasteiger partial charge in [-0.15, -0.1) is 0 Å². The molecule has 0 bridgehead atoms. The van der Waals surface area contributed by atoms with E-state index >= 15 is 0 Å². The Morgan fingerprint density at radius 3 is 1.50 bits per heavy atom. The van der Waals surface area contributed by atoms with Crippen LogP contribution < -0.4 is 0 Å². The molecule has 0 amide bonds. The predicted molar refractivity (Wildman–Crippen MR) is 49.7 cm³/mol. The fraction of sp³-hybridized carbons (Fsp3) is 0.857. The Morgan fingerprint density at radius 2 is 1.50 bits per heavy atom. The van der Waals surface area contributed by atoms with E-state index < -0.39 is 14.3 Å². The van der Waals surface area contributed by atoms with Crippen molar-refractivity contribution in [1.29, 1.82) is 0 Å². The summed E-state index contributed by atoms with van der Waals surface area (Å²) in [4.78, 5) is 10.5. The van der Waals surface area contributed by atoms with Gasteiger partial charge in [-0.05, 0) is 31.3 Å². The van der Waals surface area contributed by atoms with Crippen molar-refractivity contribution in [3.63, 3.8) is 0 Å². The predicted octanol–water partition coefficient (Wildman–Crippen LogP) is 1.10. The van der Waals surface area contributed by atoms with Crippen molar-refractivity contribution in [2.24, 2.45) is 0 Å². The van der Waals surface area contributed by atoms with Gasteiger partial charge in [-0.1, -0.05) is 0 Å². The summed E-state index contributed by atoms with van der Waals surface area (Å²) in [6.45, 7) is 0. The number of carboxylic acid groups (broad SMARTS) is 1. The van der Waals surface area contributed by atoms with E-state index in [0.29, 0.717) is 5.75 Å². The van der Waals surface area contributed by atoms with Crippen molar-refractivity contribution in [2.45, 2.75) is 0 Å². The van der Waals surface area contributed by atoms with Crippen LogP contribution in [-0.4, -0.2) is 48.1 Å². The minimum absolute atomic E-state index is 0.292. The van der Waals surface area contributed by atoms with Gasteiger partial charge in [0.1, 0.15) is 0 Å². The second-order valence-corrected chi connectivity index (χ2v) is 17.4. The summed E-state index contributed by atoms with van der Waals surface area (Å²) >= 11 is 0. The molecule has 0 unspecified atom stereocenters. The number of hydrogen-bond donors (Lipinski definition) is 1. The minimum atomic E-state index is -2.20. The molecule has 0 atom stereocenters. The molecule has 0 spiro atoms. The van der Waals surface area contributed by atoms with E-state index in [0.717, 1.165) is 0 Å². The molecule has 10 heavy (non-hydrogen) atoms. The molecule has 1 N–H and O–H groups in total. The Hall–Kier alpha value is -0.180. The Morgan fingerprint density at radius 1 is 1.20 bits per heavy atom. The zero-order valence-electron chi connectivity index (χ0n) is 7.47. The normalized spacial score (nSPS) is 19.3. The van der Waals surface area contributed by atoms with Crippen molar-refractivity contribution in [3.05, 3.63) is 0 Å². The lowest BCUT2D eigenvalue weighted by atomic mass is 10.8. The van der Waals surface area contributed by atoms with E-state index in [2.05, 4.69) is 31.3 Å². The van der Waals surface area contributed by atoms with E-state index in [4.69, 9.17) is 5.11 Å². The first-order valence-corrected chi connectivity index (χ1v) is 7.77. The molecule has 0 rings (SSSR count). The molecule has 0 aromatic carbocycles. The molecule has 2 nitrogen and oxygen atoms in total. The summed E-state index contributed by atoms with van der Waals surface area (Å²) < 4.78 is 0. The average Bonchev–Trinajstić information content (AvgIpc) is 1.12. The molecular weight excluding hydrogens is 148 g/mol. The van der Waals surface area contributed by atoms with E-state index in [1.165, 1.54) is 0 Å². The van der Waals surface area contributed by atoms with Crippen LogP contribution >= 0.6 is 8.29 Å². The average molecular weight is 166 g/mol. The summed E-state index contributed by atoms with van der Waals surface area (Å²) in [6.07, 6.45) is 10.3. The van der Waals surface area contributed by atoms with E-state index in [9.17, 15) is 4.79 Å². The van der Waals surface area contributed by atoms with E-state index in [1.54, 1.807) is 0 Å². The maximum atomic E-state index is 10.5. The molecule has 64 valence electrons. The van der Waals surface area contributed by atoms with Gasteiger partial charge in [0.2, 0.25) is 0 Å². The first kappa shape index (κ1) is 9.82. The smallest absolute Gasteiger partial charge is 0.310 e. The van der Waals surface area contributed by atoms with E-state index in [-0.39, 0.29) is 0 Å². The highest BCUT2D eigenvalue weighted by Gasteiger charge is 2.39. The van der Waals surface area contributed by atoms with Crippen LogP contribution in [0, 0.1) is 0 Å². The third-order valence-corrected chi connectivity index (χ3v) is 2.54. The van der Waals surface area contributed by atoms with Gasteiger partial charge >= 0.3 is 5.97 Å².